The molecule has 0 aliphatic rings. The van der Waals surface area contributed by atoms with Crippen LogP contribution in [0.25, 0.3) is 0 Å². The molecule has 0 amide bonds. The summed E-state index contributed by atoms with van der Waals surface area (Å²) in [5.41, 5.74) is 2.14. The summed E-state index contributed by atoms with van der Waals surface area (Å²) < 4.78 is 0. The van der Waals surface area contributed by atoms with Crippen molar-refractivity contribution in [2.24, 2.45) is 0 Å². The van der Waals surface area contributed by atoms with E-state index < -0.39 is 0 Å². The first-order valence-electron chi connectivity index (χ1n) is 4.56. The van der Waals surface area contributed by atoms with Crippen LogP contribution in [0.4, 0.5) is 5.82 Å². The van der Waals surface area contributed by atoms with Crippen molar-refractivity contribution in [1.29, 1.82) is 0 Å². The van der Waals surface area contributed by atoms with Crippen molar-refractivity contribution in [3.05, 3.63) is 22.0 Å². The highest BCUT2D eigenvalue weighted by Gasteiger charge is 2.09. The molecule has 0 aliphatic carbocycles. The van der Waals surface area contributed by atoms with Gasteiger partial charge in [0.05, 0.1) is 10.6 Å². The third kappa shape index (κ3) is 3.39. The number of hydrogen-bond acceptors (Lipinski definition) is 4. The van der Waals surface area contributed by atoms with Gasteiger partial charge in [-0.1, -0.05) is 17.3 Å². The zero-order valence-electron chi connectivity index (χ0n) is 9.26. The molecule has 3 nitrogen and oxygen atoms in total. The summed E-state index contributed by atoms with van der Waals surface area (Å²) in [5, 5.41) is 5.36. The van der Waals surface area contributed by atoms with E-state index in [0.29, 0.717) is 0 Å². The Morgan fingerprint density at radius 1 is 1.40 bits per heavy atom. The predicted molar refractivity (Wildman–Crippen MR) is 66.6 cm³/mol. The topological polar surface area (TPSA) is 37.8 Å². The fourth-order valence-electron chi connectivity index (χ4n) is 1.02. The number of nitrogens with one attached hydrogen (secondary N) is 1. The number of rotatable bonds is 3. The van der Waals surface area contributed by atoms with Gasteiger partial charge in [0.1, 0.15) is 5.82 Å². The first-order chi connectivity index (χ1) is 7.04. The molecule has 1 heterocycles. The SMILES string of the molecule is CNc1nc(Cl)nc(C)c1SC=C(C)C. The molecule has 0 fully saturated rings. The van der Waals surface area contributed by atoms with E-state index in [1.54, 1.807) is 11.8 Å². The van der Waals surface area contributed by atoms with E-state index in [9.17, 15) is 0 Å². The van der Waals surface area contributed by atoms with E-state index in [-0.39, 0.29) is 5.28 Å². The van der Waals surface area contributed by atoms with Crippen LogP contribution in [0.15, 0.2) is 15.9 Å². The molecule has 1 aromatic heterocycles. The lowest BCUT2D eigenvalue weighted by Gasteiger charge is -2.08. The molecule has 0 spiro atoms. The molecule has 15 heavy (non-hydrogen) atoms. The van der Waals surface area contributed by atoms with Crippen molar-refractivity contribution in [3.8, 4) is 0 Å². The molecule has 0 saturated carbocycles. The Balaban J connectivity index is 3.09. The molecule has 0 radical (unpaired) electrons. The lowest BCUT2D eigenvalue weighted by atomic mass is 10.4. The number of aryl methyl sites for hydroxylation is 1. The first kappa shape index (κ1) is 12.3. The quantitative estimate of drug-likeness (QED) is 0.652. The zero-order chi connectivity index (χ0) is 11.4. The van der Waals surface area contributed by atoms with Crippen LogP contribution in [0, 0.1) is 6.92 Å². The van der Waals surface area contributed by atoms with Crippen molar-refractivity contribution in [1.82, 2.24) is 9.97 Å². The Morgan fingerprint density at radius 3 is 2.60 bits per heavy atom. The third-order valence-electron chi connectivity index (χ3n) is 1.66. The molecule has 0 bridgehead atoms. The van der Waals surface area contributed by atoms with Gasteiger partial charge in [-0.2, -0.15) is 4.98 Å². The van der Waals surface area contributed by atoms with Crippen molar-refractivity contribution in [2.45, 2.75) is 25.7 Å². The summed E-state index contributed by atoms with van der Waals surface area (Å²) in [4.78, 5) is 9.26. The zero-order valence-corrected chi connectivity index (χ0v) is 10.8. The summed E-state index contributed by atoms with van der Waals surface area (Å²) in [5.74, 6) is 0.773. The number of allylic oxidation sites excluding steroid dienone is 1. The van der Waals surface area contributed by atoms with Gasteiger partial charge >= 0.3 is 0 Å². The summed E-state index contributed by atoms with van der Waals surface area (Å²) >= 11 is 7.38. The number of nitrogens with zero attached hydrogens (tertiary/aromatic N) is 2. The number of anilines is 1. The summed E-state index contributed by atoms with van der Waals surface area (Å²) in [7, 11) is 1.82. The molecule has 1 rings (SSSR count). The summed E-state index contributed by atoms with van der Waals surface area (Å²) in [6.07, 6.45) is 0. The Kier molecular flexibility index (Phi) is 4.42. The maximum absolute atomic E-state index is 5.78. The van der Waals surface area contributed by atoms with Crippen LogP contribution in [0.5, 0.6) is 0 Å². The molecule has 5 heteroatoms. The lowest BCUT2D eigenvalue weighted by Crippen LogP contribution is -1.99. The number of aromatic nitrogens is 2. The lowest BCUT2D eigenvalue weighted by molar-refractivity contribution is 1.03. The van der Waals surface area contributed by atoms with Crippen molar-refractivity contribution < 1.29 is 0 Å². The fourth-order valence-corrected chi connectivity index (χ4v) is 2.06. The molecule has 0 aliphatic heterocycles. The molecule has 0 atom stereocenters. The van der Waals surface area contributed by atoms with E-state index in [4.69, 9.17) is 11.6 Å². The van der Waals surface area contributed by atoms with E-state index in [1.807, 2.05) is 14.0 Å². The highest BCUT2D eigenvalue weighted by molar-refractivity contribution is 8.02. The van der Waals surface area contributed by atoms with Crippen LogP contribution in [-0.4, -0.2) is 17.0 Å². The Morgan fingerprint density at radius 2 is 2.07 bits per heavy atom. The highest BCUT2D eigenvalue weighted by atomic mass is 35.5. The third-order valence-corrected chi connectivity index (χ3v) is 3.14. The average Bonchev–Trinajstić information content (AvgIpc) is 2.14. The van der Waals surface area contributed by atoms with Gasteiger partial charge in [-0.3, -0.25) is 0 Å². The molecule has 0 aromatic carbocycles. The number of halogens is 1. The fraction of sp³-hybridized carbons (Fsp3) is 0.400. The minimum atomic E-state index is 0.276. The van der Waals surface area contributed by atoms with Gasteiger partial charge in [0.25, 0.3) is 0 Å². The van der Waals surface area contributed by atoms with E-state index in [1.165, 1.54) is 5.57 Å². The maximum atomic E-state index is 5.78. The van der Waals surface area contributed by atoms with Gasteiger partial charge in [-0.15, -0.1) is 0 Å². The van der Waals surface area contributed by atoms with Gasteiger partial charge in [-0.25, -0.2) is 4.98 Å². The largest absolute Gasteiger partial charge is 0.372 e. The molecule has 1 aromatic rings. The summed E-state index contributed by atoms with van der Waals surface area (Å²) in [6.45, 7) is 6.03. The molecule has 0 unspecified atom stereocenters. The van der Waals surface area contributed by atoms with E-state index in [0.717, 1.165) is 16.4 Å². The van der Waals surface area contributed by atoms with E-state index >= 15 is 0 Å². The molecule has 0 saturated heterocycles. The normalized spacial score (nSPS) is 9.93. The number of hydrogen-bond donors (Lipinski definition) is 1. The van der Waals surface area contributed by atoms with Crippen LogP contribution < -0.4 is 5.32 Å². The second kappa shape index (κ2) is 5.37. The van der Waals surface area contributed by atoms with Crippen LogP contribution >= 0.6 is 23.4 Å². The van der Waals surface area contributed by atoms with Gasteiger partial charge < -0.3 is 5.32 Å². The summed E-state index contributed by atoms with van der Waals surface area (Å²) in [6, 6.07) is 0. The number of thioether (sulfide) groups is 1. The average molecular weight is 244 g/mol. The van der Waals surface area contributed by atoms with Crippen LogP contribution in [0.2, 0.25) is 5.28 Å². The predicted octanol–water partition coefficient (Wildman–Crippen LogP) is 3.50. The standard InChI is InChI=1S/C10H14ClN3S/c1-6(2)5-15-8-7(3)13-10(11)14-9(8)12-4/h5H,1-4H3,(H,12,13,14). The molecular weight excluding hydrogens is 230 g/mol. The van der Waals surface area contributed by atoms with Crippen LogP contribution in [0.1, 0.15) is 19.5 Å². The van der Waals surface area contributed by atoms with Crippen molar-refractivity contribution >= 4 is 29.2 Å². The van der Waals surface area contributed by atoms with Crippen molar-refractivity contribution in [2.75, 3.05) is 12.4 Å². The monoisotopic (exact) mass is 243 g/mol. The second-order valence-electron chi connectivity index (χ2n) is 3.32. The van der Waals surface area contributed by atoms with Crippen LogP contribution in [0.3, 0.4) is 0 Å². The van der Waals surface area contributed by atoms with Gasteiger partial charge in [0.2, 0.25) is 5.28 Å². The molecular formula is C10H14ClN3S. The Bertz CT molecular complexity index is 386. The molecule has 1 N–H and O–H groups in total. The van der Waals surface area contributed by atoms with Crippen molar-refractivity contribution in [3.63, 3.8) is 0 Å². The Labute approximate surface area is 99.3 Å². The smallest absolute Gasteiger partial charge is 0.224 e. The highest BCUT2D eigenvalue weighted by Crippen LogP contribution is 2.30. The minimum Gasteiger partial charge on any atom is -0.372 e. The van der Waals surface area contributed by atoms with E-state index in [2.05, 4.69) is 34.5 Å². The van der Waals surface area contributed by atoms with Gasteiger partial charge in [-0.05, 0) is 37.8 Å². The first-order valence-corrected chi connectivity index (χ1v) is 5.82. The van der Waals surface area contributed by atoms with Crippen LogP contribution in [-0.2, 0) is 0 Å². The second-order valence-corrected chi connectivity index (χ2v) is 4.54. The van der Waals surface area contributed by atoms with Gasteiger partial charge in [0.15, 0.2) is 0 Å². The van der Waals surface area contributed by atoms with Gasteiger partial charge in [0, 0.05) is 7.05 Å². The maximum Gasteiger partial charge on any atom is 0.224 e. The minimum absolute atomic E-state index is 0.276. The Hall–Kier alpha value is -0.740. The molecule has 82 valence electrons.